The first-order valence-electron chi connectivity index (χ1n) is 7.63. The summed E-state index contributed by atoms with van der Waals surface area (Å²) in [6.45, 7) is 5.67. The van der Waals surface area contributed by atoms with Crippen LogP contribution in [0.1, 0.15) is 29.1 Å². The molecule has 0 saturated heterocycles. The van der Waals surface area contributed by atoms with E-state index in [1.807, 2.05) is 39.0 Å². The molecule has 3 heterocycles. The number of rotatable bonds is 4. The summed E-state index contributed by atoms with van der Waals surface area (Å²) in [7, 11) is 0. The van der Waals surface area contributed by atoms with E-state index in [1.54, 1.807) is 6.20 Å². The minimum atomic E-state index is -0.249. The lowest BCUT2D eigenvalue weighted by Crippen LogP contribution is -2.34. The first-order valence-corrected chi connectivity index (χ1v) is 8.44. The number of nitrogens with one attached hydrogen (secondary N) is 1. The number of hydrogen-bond donors (Lipinski definition) is 1. The lowest BCUT2D eigenvalue weighted by Gasteiger charge is -2.13. The quantitative estimate of drug-likeness (QED) is 0.789. The number of pyridine rings is 1. The number of amides is 1. The van der Waals surface area contributed by atoms with Gasteiger partial charge in [0, 0.05) is 11.1 Å². The summed E-state index contributed by atoms with van der Waals surface area (Å²) in [5, 5.41) is 3.46. The van der Waals surface area contributed by atoms with E-state index in [0.29, 0.717) is 10.2 Å². The van der Waals surface area contributed by atoms with Crippen molar-refractivity contribution < 1.29 is 4.79 Å². The van der Waals surface area contributed by atoms with Gasteiger partial charge >= 0.3 is 0 Å². The van der Waals surface area contributed by atoms with Gasteiger partial charge in [0.05, 0.1) is 23.4 Å². The Kier molecular flexibility index (Phi) is 4.44. The Hall–Kier alpha value is -2.54. The van der Waals surface area contributed by atoms with Gasteiger partial charge in [0.2, 0.25) is 5.91 Å². The van der Waals surface area contributed by atoms with E-state index in [2.05, 4.69) is 15.3 Å². The van der Waals surface area contributed by atoms with Crippen LogP contribution in [0.4, 0.5) is 0 Å². The fourth-order valence-electron chi connectivity index (χ4n) is 2.53. The monoisotopic (exact) mass is 342 g/mol. The molecule has 0 aliphatic rings. The molecule has 3 rings (SSSR count). The molecule has 3 aromatic rings. The molecule has 1 atom stereocenters. The van der Waals surface area contributed by atoms with Crippen LogP contribution in [0.15, 0.2) is 35.5 Å². The zero-order chi connectivity index (χ0) is 17.3. The van der Waals surface area contributed by atoms with Crippen LogP contribution in [0.5, 0.6) is 0 Å². The third-order valence-electron chi connectivity index (χ3n) is 3.98. The summed E-state index contributed by atoms with van der Waals surface area (Å²) in [6.07, 6.45) is 3.12. The molecule has 3 aromatic heterocycles. The molecule has 1 amide bonds. The van der Waals surface area contributed by atoms with Gasteiger partial charge in [0.1, 0.15) is 11.4 Å². The predicted molar refractivity (Wildman–Crippen MR) is 94.1 cm³/mol. The first-order chi connectivity index (χ1) is 11.5. The second-order valence-electron chi connectivity index (χ2n) is 5.68. The van der Waals surface area contributed by atoms with Gasteiger partial charge in [-0.25, -0.2) is 4.98 Å². The fraction of sp³-hybridized carbons (Fsp3) is 0.294. The Balaban J connectivity index is 1.80. The van der Waals surface area contributed by atoms with Crippen molar-refractivity contribution in [2.24, 2.45) is 0 Å². The summed E-state index contributed by atoms with van der Waals surface area (Å²) in [5.41, 5.74) is 1.53. The third-order valence-corrected chi connectivity index (χ3v) is 5.09. The van der Waals surface area contributed by atoms with Gasteiger partial charge in [0.25, 0.3) is 5.56 Å². The van der Waals surface area contributed by atoms with Gasteiger partial charge in [-0.15, -0.1) is 11.3 Å². The third kappa shape index (κ3) is 3.07. The maximum atomic E-state index is 12.6. The largest absolute Gasteiger partial charge is 0.346 e. The fourth-order valence-corrected chi connectivity index (χ4v) is 3.52. The molecule has 0 saturated carbocycles. The Morgan fingerprint density at radius 1 is 1.33 bits per heavy atom. The average molecular weight is 342 g/mol. The van der Waals surface area contributed by atoms with E-state index >= 15 is 0 Å². The van der Waals surface area contributed by atoms with E-state index < -0.39 is 0 Å². The SMILES string of the molecule is Cc1sc2ncn(CC(=O)N[C@@H](C)c3ccccn3)c(=O)c2c1C. The van der Waals surface area contributed by atoms with E-state index in [9.17, 15) is 9.59 Å². The first kappa shape index (κ1) is 16.3. The lowest BCUT2D eigenvalue weighted by molar-refractivity contribution is -0.122. The van der Waals surface area contributed by atoms with Crippen molar-refractivity contribution in [2.45, 2.75) is 33.4 Å². The van der Waals surface area contributed by atoms with Crippen molar-refractivity contribution in [2.75, 3.05) is 0 Å². The molecule has 0 bridgehead atoms. The lowest BCUT2D eigenvalue weighted by atomic mass is 10.2. The highest BCUT2D eigenvalue weighted by Gasteiger charge is 2.15. The van der Waals surface area contributed by atoms with E-state index in [0.717, 1.165) is 16.1 Å². The van der Waals surface area contributed by atoms with Crippen molar-refractivity contribution in [3.63, 3.8) is 0 Å². The number of aromatic nitrogens is 3. The standard InChI is InChI=1S/C17H18N4O2S/c1-10-12(3)24-16-15(10)17(23)21(9-19-16)8-14(22)20-11(2)13-6-4-5-7-18-13/h4-7,9,11H,8H2,1-3H3,(H,20,22)/t11-/m0/s1. The van der Waals surface area contributed by atoms with Crippen molar-refractivity contribution in [1.29, 1.82) is 0 Å². The number of thiophene rings is 1. The predicted octanol–water partition coefficient (Wildman–Crippen LogP) is 2.35. The molecule has 0 aliphatic carbocycles. The number of carbonyl (C=O) groups is 1. The van der Waals surface area contributed by atoms with Crippen LogP contribution in [0.3, 0.4) is 0 Å². The molecular formula is C17H18N4O2S. The smallest absolute Gasteiger partial charge is 0.262 e. The molecule has 124 valence electrons. The Morgan fingerprint density at radius 2 is 2.12 bits per heavy atom. The van der Waals surface area contributed by atoms with Gasteiger partial charge in [-0.3, -0.25) is 19.1 Å². The molecular weight excluding hydrogens is 324 g/mol. The molecule has 0 fully saturated rings. The van der Waals surface area contributed by atoms with Crippen LogP contribution < -0.4 is 10.9 Å². The maximum Gasteiger partial charge on any atom is 0.262 e. The molecule has 0 radical (unpaired) electrons. The summed E-state index contributed by atoms with van der Waals surface area (Å²) < 4.78 is 1.35. The molecule has 0 spiro atoms. The zero-order valence-corrected chi connectivity index (χ0v) is 14.6. The second kappa shape index (κ2) is 6.52. The minimum Gasteiger partial charge on any atom is -0.346 e. The summed E-state index contributed by atoms with van der Waals surface area (Å²) in [4.78, 5) is 35.1. The van der Waals surface area contributed by atoms with Gasteiger partial charge in [-0.1, -0.05) is 6.07 Å². The topological polar surface area (TPSA) is 76.9 Å². The molecule has 0 unspecified atom stereocenters. The molecule has 0 aliphatic heterocycles. The van der Waals surface area contributed by atoms with Crippen molar-refractivity contribution in [1.82, 2.24) is 19.9 Å². The Labute approximate surface area is 143 Å². The zero-order valence-electron chi connectivity index (χ0n) is 13.7. The van der Waals surface area contributed by atoms with Crippen LogP contribution in [0, 0.1) is 13.8 Å². The summed E-state index contributed by atoms with van der Waals surface area (Å²) >= 11 is 1.50. The number of aryl methyl sites for hydroxylation is 2. The van der Waals surface area contributed by atoms with Crippen LogP contribution in [0.2, 0.25) is 0 Å². The van der Waals surface area contributed by atoms with Gasteiger partial charge in [-0.05, 0) is 38.5 Å². The van der Waals surface area contributed by atoms with Gasteiger partial charge in [0.15, 0.2) is 0 Å². The van der Waals surface area contributed by atoms with Crippen LogP contribution in [-0.2, 0) is 11.3 Å². The van der Waals surface area contributed by atoms with Crippen molar-refractivity contribution in [3.8, 4) is 0 Å². The minimum absolute atomic E-state index is 0.0622. The van der Waals surface area contributed by atoms with E-state index in [4.69, 9.17) is 0 Å². The molecule has 7 heteroatoms. The highest BCUT2D eigenvalue weighted by Crippen LogP contribution is 2.25. The Bertz CT molecular complexity index is 946. The Morgan fingerprint density at radius 3 is 2.83 bits per heavy atom. The van der Waals surface area contributed by atoms with Crippen LogP contribution >= 0.6 is 11.3 Å². The van der Waals surface area contributed by atoms with Crippen LogP contribution in [-0.4, -0.2) is 20.4 Å². The number of hydrogen-bond acceptors (Lipinski definition) is 5. The second-order valence-corrected chi connectivity index (χ2v) is 6.89. The molecule has 24 heavy (non-hydrogen) atoms. The normalized spacial score (nSPS) is 12.3. The maximum absolute atomic E-state index is 12.6. The number of nitrogens with zero attached hydrogens (tertiary/aromatic N) is 3. The molecule has 6 nitrogen and oxygen atoms in total. The van der Waals surface area contributed by atoms with Gasteiger partial charge < -0.3 is 5.32 Å². The van der Waals surface area contributed by atoms with Crippen molar-refractivity contribution in [3.05, 3.63) is 57.2 Å². The summed E-state index contributed by atoms with van der Waals surface area (Å²) in [5.74, 6) is -0.249. The highest BCUT2D eigenvalue weighted by atomic mass is 32.1. The number of carbonyl (C=O) groups excluding carboxylic acids is 1. The van der Waals surface area contributed by atoms with Crippen molar-refractivity contribution >= 4 is 27.5 Å². The average Bonchev–Trinajstić information content (AvgIpc) is 2.86. The molecule has 0 aromatic carbocycles. The highest BCUT2D eigenvalue weighted by molar-refractivity contribution is 7.18. The molecule has 1 N–H and O–H groups in total. The van der Waals surface area contributed by atoms with Crippen LogP contribution in [0.25, 0.3) is 10.2 Å². The summed E-state index contributed by atoms with van der Waals surface area (Å²) in [6, 6.07) is 5.32. The van der Waals surface area contributed by atoms with Gasteiger partial charge in [-0.2, -0.15) is 0 Å². The van der Waals surface area contributed by atoms with E-state index in [1.165, 1.54) is 22.2 Å². The van der Waals surface area contributed by atoms with E-state index in [-0.39, 0.29) is 24.1 Å². The number of fused-ring (bicyclic) bond motifs is 1.